The summed E-state index contributed by atoms with van der Waals surface area (Å²) in [7, 11) is 0. The van der Waals surface area contributed by atoms with Gasteiger partial charge in [-0.25, -0.2) is 4.98 Å². The molecule has 1 aliphatic carbocycles. The molecule has 0 bridgehead atoms. The van der Waals surface area contributed by atoms with Gasteiger partial charge in [-0.1, -0.05) is 19.1 Å². The summed E-state index contributed by atoms with van der Waals surface area (Å²) in [4.78, 5) is 18.8. The van der Waals surface area contributed by atoms with Gasteiger partial charge < -0.3 is 9.64 Å². The van der Waals surface area contributed by atoms with E-state index in [9.17, 15) is 4.79 Å². The molecule has 0 unspecified atom stereocenters. The molecule has 0 saturated carbocycles. The highest BCUT2D eigenvalue weighted by Gasteiger charge is 2.29. The molecule has 0 spiro atoms. The molecule has 120 valence electrons. The predicted octanol–water partition coefficient (Wildman–Crippen LogP) is 2.01. The predicted molar refractivity (Wildman–Crippen MR) is 82.1 cm³/mol. The molecule has 0 aromatic carbocycles. The van der Waals surface area contributed by atoms with E-state index < -0.39 is 0 Å². The highest BCUT2D eigenvalue weighted by atomic mass is 16.5. The molecule has 6 nitrogen and oxygen atoms in total. The number of H-pyrrole nitrogens is 1. The Morgan fingerprint density at radius 3 is 3.23 bits per heavy atom. The van der Waals surface area contributed by atoms with Gasteiger partial charge in [-0.15, -0.1) is 0 Å². The minimum Gasteiger partial charge on any atom is -0.366 e. The molecule has 1 fully saturated rings. The SMILES string of the molecule is CCCc1nc([C@H]2CN(C(=O)C[C@H]3C=CCC3)CCO2)n[nH]1. The van der Waals surface area contributed by atoms with Crippen molar-refractivity contribution in [3.63, 3.8) is 0 Å². The van der Waals surface area contributed by atoms with Crippen LogP contribution in [0, 0.1) is 5.92 Å². The summed E-state index contributed by atoms with van der Waals surface area (Å²) in [5, 5.41) is 7.20. The smallest absolute Gasteiger partial charge is 0.223 e. The highest BCUT2D eigenvalue weighted by molar-refractivity contribution is 5.76. The third kappa shape index (κ3) is 3.55. The molecule has 6 heteroatoms. The zero-order valence-corrected chi connectivity index (χ0v) is 13.1. The summed E-state index contributed by atoms with van der Waals surface area (Å²) in [6.45, 7) is 3.88. The van der Waals surface area contributed by atoms with Gasteiger partial charge >= 0.3 is 0 Å². The Morgan fingerprint density at radius 2 is 2.45 bits per heavy atom. The first-order valence-corrected chi connectivity index (χ1v) is 8.23. The standard InChI is InChI=1S/C16H24N4O2/c1-2-5-14-17-16(19-18-14)13-11-20(8-9-22-13)15(21)10-12-6-3-4-7-12/h3,6,12-13H,2,4-5,7-11H2,1H3,(H,17,18,19)/t12-,13+/m0/s1. The Morgan fingerprint density at radius 1 is 1.55 bits per heavy atom. The maximum atomic E-state index is 12.4. The number of aryl methyl sites for hydroxylation is 1. The van der Waals surface area contributed by atoms with Crippen molar-refractivity contribution in [3.8, 4) is 0 Å². The number of carbonyl (C=O) groups excluding carboxylic acids is 1. The van der Waals surface area contributed by atoms with Crippen LogP contribution >= 0.6 is 0 Å². The summed E-state index contributed by atoms with van der Waals surface area (Å²) in [6, 6.07) is 0. The van der Waals surface area contributed by atoms with Crippen molar-refractivity contribution in [3.05, 3.63) is 23.8 Å². The van der Waals surface area contributed by atoms with Crippen molar-refractivity contribution >= 4 is 5.91 Å². The second-order valence-corrected chi connectivity index (χ2v) is 6.06. The lowest BCUT2D eigenvalue weighted by Crippen LogP contribution is -2.43. The number of nitrogens with one attached hydrogen (secondary N) is 1. The second kappa shape index (κ2) is 7.05. The maximum absolute atomic E-state index is 12.4. The van der Waals surface area contributed by atoms with Crippen LogP contribution in [0.25, 0.3) is 0 Å². The topological polar surface area (TPSA) is 71.1 Å². The number of ether oxygens (including phenoxy) is 1. The quantitative estimate of drug-likeness (QED) is 0.845. The number of rotatable bonds is 5. The van der Waals surface area contributed by atoms with E-state index in [2.05, 4.69) is 34.3 Å². The van der Waals surface area contributed by atoms with Gasteiger partial charge in [0.05, 0.1) is 13.2 Å². The Hall–Kier alpha value is -1.69. The van der Waals surface area contributed by atoms with Crippen LogP contribution < -0.4 is 0 Å². The van der Waals surface area contributed by atoms with Gasteiger partial charge in [0, 0.05) is 19.4 Å². The first-order valence-electron chi connectivity index (χ1n) is 8.23. The summed E-state index contributed by atoms with van der Waals surface area (Å²) in [5.41, 5.74) is 0. The number of aromatic nitrogens is 3. The van der Waals surface area contributed by atoms with Crippen molar-refractivity contribution in [1.82, 2.24) is 20.1 Å². The number of hydrogen-bond acceptors (Lipinski definition) is 4. The van der Waals surface area contributed by atoms with Gasteiger partial charge in [0.1, 0.15) is 11.9 Å². The van der Waals surface area contributed by atoms with Gasteiger partial charge in [0.2, 0.25) is 5.91 Å². The molecule has 1 amide bonds. The van der Waals surface area contributed by atoms with Crippen LogP contribution in [0.15, 0.2) is 12.2 Å². The first-order chi connectivity index (χ1) is 10.8. The van der Waals surface area contributed by atoms with Gasteiger partial charge in [0.25, 0.3) is 0 Å². The average Bonchev–Trinajstić information content (AvgIpc) is 3.19. The van der Waals surface area contributed by atoms with E-state index in [1.54, 1.807) is 0 Å². The number of nitrogens with zero attached hydrogens (tertiary/aromatic N) is 3. The lowest BCUT2D eigenvalue weighted by molar-refractivity contribution is -0.140. The summed E-state index contributed by atoms with van der Waals surface area (Å²) in [5.74, 6) is 2.19. The minimum absolute atomic E-state index is 0.210. The summed E-state index contributed by atoms with van der Waals surface area (Å²) >= 11 is 0. The molecule has 0 radical (unpaired) electrons. The molecular formula is C16H24N4O2. The Kier molecular flexibility index (Phi) is 4.87. The number of aromatic amines is 1. The lowest BCUT2D eigenvalue weighted by Gasteiger charge is -2.32. The third-order valence-electron chi connectivity index (χ3n) is 4.29. The fourth-order valence-electron chi connectivity index (χ4n) is 3.05. The molecule has 1 aromatic rings. The highest BCUT2D eigenvalue weighted by Crippen LogP contribution is 2.24. The van der Waals surface area contributed by atoms with Gasteiger partial charge in [0.15, 0.2) is 5.82 Å². The Bertz CT molecular complexity index is 540. The molecule has 1 aromatic heterocycles. The number of morpholine rings is 1. The van der Waals surface area contributed by atoms with Crippen molar-refractivity contribution in [2.24, 2.45) is 5.92 Å². The monoisotopic (exact) mass is 304 g/mol. The number of carbonyl (C=O) groups is 1. The minimum atomic E-state index is -0.210. The van der Waals surface area contributed by atoms with Crippen LogP contribution in [-0.2, 0) is 16.0 Å². The van der Waals surface area contributed by atoms with Crippen LogP contribution in [0.2, 0.25) is 0 Å². The Labute approximate surface area is 130 Å². The maximum Gasteiger partial charge on any atom is 0.223 e. The normalized spacial score (nSPS) is 24.9. The fourth-order valence-corrected chi connectivity index (χ4v) is 3.05. The van der Waals surface area contributed by atoms with Gasteiger partial charge in [-0.2, -0.15) is 5.10 Å². The van der Waals surface area contributed by atoms with Crippen LogP contribution in [0.5, 0.6) is 0 Å². The zero-order valence-electron chi connectivity index (χ0n) is 13.1. The molecular weight excluding hydrogens is 280 g/mol. The van der Waals surface area contributed by atoms with Crippen molar-refractivity contribution < 1.29 is 9.53 Å². The molecule has 2 heterocycles. The van der Waals surface area contributed by atoms with Crippen LogP contribution in [0.4, 0.5) is 0 Å². The number of amides is 1. The van der Waals surface area contributed by atoms with E-state index in [0.29, 0.717) is 37.9 Å². The van der Waals surface area contributed by atoms with Gasteiger partial charge in [-0.05, 0) is 25.2 Å². The van der Waals surface area contributed by atoms with E-state index in [1.165, 1.54) is 0 Å². The first kappa shape index (κ1) is 15.2. The van der Waals surface area contributed by atoms with E-state index in [0.717, 1.165) is 31.5 Å². The molecule has 22 heavy (non-hydrogen) atoms. The number of hydrogen-bond donors (Lipinski definition) is 1. The van der Waals surface area contributed by atoms with E-state index in [-0.39, 0.29) is 12.0 Å². The van der Waals surface area contributed by atoms with E-state index in [4.69, 9.17) is 4.74 Å². The lowest BCUT2D eigenvalue weighted by atomic mass is 10.0. The van der Waals surface area contributed by atoms with Crippen LogP contribution in [0.3, 0.4) is 0 Å². The summed E-state index contributed by atoms with van der Waals surface area (Å²) < 4.78 is 5.75. The molecule has 1 aliphatic heterocycles. The molecule has 1 saturated heterocycles. The fraction of sp³-hybridized carbons (Fsp3) is 0.688. The van der Waals surface area contributed by atoms with Crippen LogP contribution in [-0.4, -0.2) is 45.7 Å². The molecule has 3 rings (SSSR count). The van der Waals surface area contributed by atoms with Crippen molar-refractivity contribution in [1.29, 1.82) is 0 Å². The summed E-state index contributed by atoms with van der Waals surface area (Å²) in [6.07, 6.45) is 8.85. The van der Waals surface area contributed by atoms with E-state index >= 15 is 0 Å². The zero-order chi connectivity index (χ0) is 15.4. The third-order valence-corrected chi connectivity index (χ3v) is 4.29. The van der Waals surface area contributed by atoms with Gasteiger partial charge in [-0.3, -0.25) is 9.89 Å². The molecule has 2 aliphatic rings. The van der Waals surface area contributed by atoms with E-state index in [1.807, 2.05) is 4.90 Å². The molecule has 1 N–H and O–H groups in total. The van der Waals surface area contributed by atoms with Crippen molar-refractivity contribution in [2.75, 3.05) is 19.7 Å². The van der Waals surface area contributed by atoms with Crippen molar-refractivity contribution in [2.45, 2.75) is 45.1 Å². The van der Waals surface area contributed by atoms with Crippen LogP contribution in [0.1, 0.15) is 50.4 Å². The Balaban J connectivity index is 1.58. The number of allylic oxidation sites excluding steroid dienone is 2. The second-order valence-electron chi connectivity index (χ2n) is 6.06. The largest absolute Gasteiger partial charge is 0.366 e. The molecule has 2 atom stereocenters. The average molecular weight is 304 g/mol.